The number of hydrogen-bond acceptors (Lipinski definition) is 2. The van der Waals surface area contributed by atoms with Crippen molar-refractivity contribution in [2.45, 2.75) is 26.2 Å². The van der Waals surface area contributed by atoms with Gasteiger partial charge in [-0.25, -0.2) is 0 Å². The first-order valence-electron chi connectivity index (χ1n) is 5.38. The lowest BCUT2D eigenvalue weighted by molar-refractivity contribution is -0.117. The number of Topliss-reactive ketones (excluding diaryl/α,β-unsaturated/α-hetero) is 2. The summed E-state index contributed by atoms with van der Waals surface area (Å²) >= 11 is 0. The fraction of sp³-hybridized carbons (Fsp3) is 0.286. The summed E-state index contributed by atoms with van der Waals surface area (Å²) in [4.78, 5) is 22.4. The number of ketones is 2. The zero-order valence-corrected chi connectivity index (χ0v) is 9.53. The van der Waals surface area contributed by atoms with Gasteiger partial charge in [-0.2, -0.15) is 0 Å². The maximum atomic E-state index is 11.7. The molecule has 1 rings (SSSR count). The molecule has 0 N–H and O–H groups in total. The van der Waals surface area contributed by atoms with E-state index in [1.54, 1.807) is 25.1 Å². The Labute approximate surface area is 96.0 Å². The van der Waals surface area contributed by atoms with E-state index in [2.05, 4.69) is 6.58 Å². The summed E-state index contributed by atoms with van der Waals surface area (Å²) in [5.74, 6) is 0.228. The number of carbonyl (C=O) groups is 2. The molecule has 0 aliphatic heterocycles. The van der Waals surface area contributed by atoms with Crippen molar-refractivity contribution in [3.05, 3.63) is 42.0 Å². The van der Waals surface area contributed by atoms with Crippen molar-refractivity contribution in [3.8, 4) is 0 Å². The van der Waals surface area contributed by atoms with Crippen molar-refractivity contribution in [1.29, 1.82) is 0 Å². The Morgan fingerprint density at radius 2 is 1.81 bits per heavy atom. The van der Waals surface area contributed by atoms with E-state index in [0.29, 0.717) is 24.8 Å². The first kappa shape index (κ1) is 12.4. The molecule has 2 heteroatoms. The van der Waals surface area contributed by atoms with Gasteiger partial charge in [-0.05, 0) is 18.9 Å². The van der Waals surface area contributed by atoms with E-state index in [4.69, 9.17) is 0 Å². The van der Waals surface area contributed by atoms with E-state index < -0.39 is 0 Å². The first-order chi connectivity index (χ1) is 7.63. The predicted octanol–water partition coefficient (Wildman–Crippen LogP) is 3.27. The second-order valence-electron chi connectivity index (χ2n) is 3.80. The van der Waals surface area contributed by atoms with Gasteiger partial charge in [0.15, 0.2) is 5.78 Å². The Kier molecular flexibility index (Phi) is 4.65. The van der Waals surface area contributed by atoms with Gasteiger partial charge in [0.1, 0.15) is 5.78 Å². The minimum atomic E-state index is 0.0943. The minimum absolute atomic E-state index is 0.0943. The summed E-state index contributed by atoms with van der Waals surface area (Å²) in [6, 6.07) is 7.33. The van der Waals surface area contributed by atoms with Gasteiger partial charge in [-0.15, -0.1) is 0 Å². The highest BCUT2D eigenvalue weighted by atomic mass is 16.1. The highest BCUT2D eigenvalue weighted by molar-refractivity contribution is 5.96. The van der Waals surface area contributed by atoms with Crippen LogP contribution in [0.3, 0.4) is 0 Å². The van der Waals surface area contributed by atoms with Crippen LogP contribution >= 0.6 is 0 Å². The van der Waals surface area contributed by atoms with Crippen LogP contribution in [-0.2, 0) is 4.79 Å². The second-order valence-corrected chi connectivity index (χ2v) is 3.80. The van der Waals surface area contributed by atoms with Crippen LogP contribution in [0.25, 0.3) is 6.08 Å². The Bertz CT molecular complexity index is 388. The molecule has 1 aromatic rings. The Morgan fingerprint density at radius 1 is 1.19 bits per heavy atom. The van der Waals surface area contributed by atoms with Crippen LogP contribution in [0, 0.1) is 0 Å². The molecule has 0 saturated heterocycles. The minimum Gasteiger partial charge on any atom is -0.300 e. The van der Waals surface area contributed by atoms with Crippen LogP contribution in [0.1, 0.15) is 42.1 Å². The van der Waals surface area contributed by atoms with Gasteiger partial charge in [-0.1, -0.05) is 36.9 Å². The zero-order valence-electron chi connectivity index (χ0n) is 9.53. The van der Waals surface area contributed by atoms with Crippen molar-refractivity contribution in [1.82, 2.24) is 0 Å². The van der Waals surface area contributed by atoms with Gasteiger partial charge < -0.3 is 4.79 Å². The average Bonchev–Trinajstić information content (AvgIpc) is 2.28. The van der Waals surface area contributed by atoms with Crippen molar-refractivity contribution in [2.24, 2.45) is 0 Å². The summed E-state index contributed by atoms with van der Waals surface area (Å²) in [6.45, 7) is 5.20. The molecule has 0 unspecified atom stereocenters. The van der Waals surface area contributed by atoms with E-state index in [-0.39, 0.29) is 11.6 Å². The van der Waals surface area contributed by atoms with Crippen LogP contribution in [-0.4, -0.2) is 11.6 Å². The molecule has 0 fully saturated rings. The van der Waals surface area contributed by atoms with Crippen molar-refractivity contribution in [2.75, 3.05) is 0 Å². The molecule has 0 aliphatic carbocycles. The van der Waals surface area contributed by atoms with E-state index in [9.17, 15) is 9.59 Å². The molecule has 0 radical (unpaired) electrons. The van der Waals surface area contributed by atoms with Gasteiger partial charge in [0.05, 0.1) is 0 Å². The van der Waals surface area contributed by atoms with E-state index >= 15 is 0 Å². The van der Waals surface area contributed by atoms with Gasteiger partial charge in [0.2, 0.25) is 0 Å². The average molecular weight is 216 g/mol. The molecular weight excluding hydrogens is 200 g/mol. The van der Waals surface area contributed by atoms with Crippen LogP contribution in [0.4, 0.5) is 0 Å². The second kappa shape index (κ2) is 6.01. The summed E-state index contributed by atoms with van der Waals surface area (Å²) in [7, 11) is 0. The summed E-state index contributed by atoms with van der Waals surface area (Å²) < 4.78 is 0. The van der Waals surface area contributed by atoms with Crippen molar-refractivity contribution >= 4 is 17.6 Å². The molecule has 0 spiro atoms. The summed E-state index contributed by atoms with van der Waals surface area (Å²) in [6.07, 6.45) is 3.30. The normalized spacial score (nSPS) is 9.81. The smallest absolute Gasteiger partial charge is 0.162 e. The first-order valence-corrected chi connectivity index (χ1v) is 5.38. The Hall–Kier alpha value is -1.70. The molecule has 0 amide bonds. The summed E-state index contributed by atoms with van der Waals surface area (Å²) in [5.41, 5.74) is 1.70. The molecule has 0 bridgehead atoms. The lowest BCUT2D eigenvalue weighted by Gasteiger charge is -2.00. The van der Waals surface area contributed by atoms with E-state index in [1.807, 2.05) is 12.1 Å². The molecule has 0 atom stereocenters. The number of rotatable bonds is 6. The molecule has 84 valence electrons. The molecule has 0 aromatic heterocycles. The maximum absolute atomic E-state index is 11.7. The lowest BCUT2D eigenvalue weighted by Crippen LogP contribution is -2.00. The SMILES string of the molecule is C=Cc1ccc(C(=O)CCCC(C)=O)cc1. The topological polar surface area (TPSA) is 34.1 Å². The van der Waals surface area contributed by atoms with Crippen LogP contribution in [0.15, 0.2) is 30.8 Å². The molecule has 0 saturated carbocycles. The third-order valence-electron chi connectivity index (χ3n) is 2.40. The fourth-order valence-electron chi connectivity index (χ4n) is 1.45. The third-order valence-corrected chi connectivity index (χ3v) is 2.40. The highest BCUT2D eigenvalue weighted by Crippen LogP contribution is 2.10. The third kappa shape index (κ3) is 3.81. The standard InChI is InChI=1S/C14H16O2/c1-3-12-7-9-13(10-8-12)14(16)6-4-5-11(2)15/h3,7-10H,1,4-6H2,2H3. The van der Waals surface area contributed by atoms with E-state index in [0.717, 1.165) is 5.56 Å². The van der Waals surface area contributed by atoms with Crippen molar-refractivity contribution < 1.29 is 9.59 Å². The van der Waals surface area contributed by atoms with Crippen molar-refractivity contribution in [3.63, 3.8) is 0 Å². The number of benzene rings is 1. The van der Waals surface area contributed by atoms with Crippen LogP contribution in [0.2, 0.25) is 0 Å². The Balaban J connectivity index is 2.52. The number of carbonyl (C=O) groups excluding carboxylic acids is 2. The largest absolute Gasteiger partial charge is 0.300 e. The van der Waals surface area contributed by atoms with Gasteiger partial charge in [0.25, 0.3) is 0 Å². The molecule has 16 heavy (non-hydrogen) atoms. The predicted molar refractivity (Wildman–Crippen MR) is 65.4 cm³/mol. The fourth-order valence-corrected chi connectivity index (χ4v) is 1.45. The maximum Gasteiger partial charge on any atom is 0.162 e. The van der Waals surface area contributed by atoms with E-state index in [1.165, 1.54) is 0 Å². The molecule has 2 nitrogen and oxygen atoms in total. The van der Waals surface area contributed by atoms with Gasteiger partial charge >= 0.3 is 0 Å². The molecule has 0 heterocycles. The Morgan fingerprint density at radius 3 is 2.31 bits per heavy atom. The zero-order chi connectivity index (χ0) is 12.0. The van der Waals surface area contributed by atoms with Gasteiger partial charge in [0, 0.05) is 18.4 Å². The summed E-state index contributed by atoms with van der Waals surface area (Å²) in [5, 5.41) is 0. The highest BCUT2D eigenvalue weighted by Gasteiger charge is 2.05. The molecule has 1 aromatic carbocycles. The molecule has 0 aliphatic rings. The van der Waals surface area contributed by atoms with Crippen LogP contribution < -0.4 is 0 Å². The monoisotopic (exact) mass is 216 g/mol. The lowest BCUT2D eigenvalue weighted by atomic mass is 10.0. The van der Waals surface area contributed by atoms with Gasteiger partial charge in [-0.3, -0.25) is 4.79 Å². The molecular formula is C14H16O2. The van der Waals surface area contributed by atoms with Crippen LogP contribution in [0.5, 0.6) is 0 Å². The number of hydrogen-bond donors (Lipinski definition) is 0. The quantitative estimate of drug-likeness (QED) is 0.684.